The summed E-state index contributed by atoms with van der Waals surface area (Å²) in [4.78, 5) is 28.0. The monoisotopic (exact) mass is 298 g/mol. The number of hydrogen-bond donors (Lipinski definition) is 1. The fraction of sp³-hybridized carbons (Fsp3) is 0.556. The number of benzene rings is 1. The lowest BCUT2D eigenvalue weighted by Gasteiger charge is -2.36. The molecule has 2 aliphatic carbocycles. The number of aryl methyl sites for hydroxylation is 1. The van der Waals surface area contributed by atoms with Crippen LogP contribution < -0.4 is 5.32 Å². The Morgan fingerprint density at radius 2 is 2.09 bits per heavy atom. The predicted molar refractivity (Wildman–Crippen MR) is 83.7 cm³/mol. The van der Waals surface area contributed by atoms with E-state index < -0.39 is 5.41 Å². The Morgan fingerprint density at radius 1 is 1.32 bits per heavy atom. The quantitative estimate of drug-likeness (QED) is 0.903. The Kier molecular flexibility index (Phi) is 3.12. The van der Waals surface area contributed by atoms with Crippen molar-refractivity contribution in [1.82, 2.24) is 10.2 Å². The molecule has 1 aromatic rings. The van der Waals surface area contributed by atoms with Gasteiger partial charge in [-0.15, -0.1) is 0 Å². The van der Waals surface area contributed by atoms with E-state index in [0.29, 0.717) is 19.1 Å². The largest absolute Gasteiger partial charge is 0.353 e. The number of rotatable bonds is 2. The van der Waals surface area contributed by atoms with Crippen molar-refractivity contribution in [2.75, 3.05) is 20.1 Å². The van der Waals surface area contributed by atoms with Gasteiger partial charge in [0, 0.05) is 24.7 Å². The van der Waals surface area contributed by atoms with Gasteiger partial charge in [-0.05, 0) is 38.3 Å². The summed E-state index contributed by atoms with van der Waals surface area (Å²) < 4.78 is 0. The molecule has 22 heavy (non-hydrogen) atoms. The van der Waals surface area contributed by atoms with Crippen LogP contribution in [0.2, 0.25) is 0 Å². The molecule has 4 heteroatoms. The van der Waals surface area contributed by atoms with Gasteiger partial charge in [0.15, 0.2) is 5.78 Å². The van der Waals surface area contributed by atoms with E-state index in [1.54, 1.807) is 0 Å². The number of ketones is 1. The third kappa shape index (κ3) is 2.09. The van der Waals surface area contributed by atoms with Gasteiger partial charge in [0.2, 0.25) is 5.91 Å². The molecule has 1 saturated heterocycles. The molecular weight excluding hydrogens is 276 g/mol. The molecule has 1 saturated carbocycles. The van der Waals surface area contributed by atoms with Crippen LogP contribution in [-0.2, 0) is 11.2 Å². The number of nitrogens with zero attached hydrogens (tertiary/aromatic N) is 1. The second-order valence-electron chi connectivity index (χ2n) is 7.17. The molecule has 1 heterocycles. The van der Waals surface area contributed by atoms with E-state index in [4.69, 9.17) is 0 Å². The van der Waals surface area contributed by atoms with Crippen LogP contribution in [0.15, 0.2) is 24.3 Å². The molecule has 2 atom stereocenters. The van der Waals surface area contributed by atoms with Gasteiger partial charge in [0.25, 0.3) is 0 Å². The molecule has 1 spiro atoms. The maximum absolute atomic E-state index is 13.2. The van der Waals surface area contributed by atoms with Gasteiger partial charge in [-0.3, -0.25) is 9.59 Å². The third-order valence-electron chi connectivity index (χ3n) is 5.51. The molecule has 0 aromatic heterocycles. The van der Waals surface area contributed by atoms with Gasteiger partial charge in [-0.1, -0.05) is 24.3 Å². The SMILES string of the molecule is CN1C[C@@H](C(=O)NC2CC2)[C@@]2(CCc3ccccc3C2=O)C1. The summed E-state index contributed by atoms with van der Waals surface area (Å²) in [5.41, 5.74) is 1.43. The highest BCUT2D eigenvalue weighted by Crippen LogP contribution is 2.46. The van der Waals surface area contributed by atoms with Crippen LogP contribution in [0.5, 0.6) is 0 Å². The predicted octanol–water partition coefficient (Wildman–Crippen LogP) is 1.64. The number of likely N-dealkylation sites (tertiary alicyclic amines) is 1. The van der Waals surface area contributed by atoms with Crippen molar-refractivity contribution in [1.29, 1.82) is 0 Å². The Hall–Kier alpha value is -1.68. The third-order valence-corrected chi connectivity index (χ3v) is 5.51. The van der Waals surface area contributed by atoms with Crippen molar-refractivity contribution in [3.05, 3.63) is 35.4 Å². The average molecular weight is 298 g/mol. The molecule has 1 aliphatic heterocycles. The maximum Gasteiger partial charge on any atom is 0.225 e. The minimum atomic E-state index is -0.526. The Labute approximate surface area is 130 Å². The number of hydrogen-bond acceptors (Lipinski definition) is 3. The molecular formula is C18H22N2O2. The zero-order valence-corrected chi connectivity index (χ0v) is 13.0. The first-order chi connectivity index (χ1) is 10.6. The average Bonchev–Trinajstić information content (AvgIpc) is 3.25. The molecule has 1 amide bonds. The van der Waals surface area contributed by atoms with Crippen molar-refractivity contribution in [3.8, 4) is 0 Å². The van der Waals surface area contributed by atoms with Crippen LogP contribution in [0, 0.1) is 11.3 Å². The van der Waals surface area contributed by atoms with E-state index in [1.165, 1.54) is 0 Å². The Balaban J connectivity index is 1.68. The zero-order chi connectivity index (χ0) is 15.3. The zero-order valence-electron chi connectivity index (χ0n) is 13.0. The molecule has 3 aliphatic rings. The summed E-state index contributed by atoms with van der Waals surface area (Å²) in [5.74, 6) is 0.0492. The Bertz CT molecular complexity index is 638. The number of Topliss-reactive ketones (excluding diaryl/α,β-unsaturated/α-hetero) is 1. The molecule has 4 nitrogen and oxygen atoms in total. The van der Waals surface area contributed by atoms with E-state index in [0.717, 1.165) is 36.8 Å². The van der Waals surface area contributed by atoms with Crippen molar-refractivity contribution < 1.29 is 9.59 Å². The van der Waals surface area contributed by atoms with Crippen molar-refractivity contribution >= 4 is 11.7 Å². The van der Waals surface area contributed by atoms with Gasteiger partial charge in [0.1, 0.15) is 0 Å². The molecule has 2 fully saturated rings. The van der Waals surface area contributed by atoms with Gasteiger partial charge in [-0.2, -0.15) is 0 Å². The van der Waals surface area contributed by atoms with Crippen LogP contribution in [0.1, 0.15) is 35.2 Å². The number of carbonyl (C=O) groups excluding carboxylic acids is 2. The summed E-state index contributed by atoms with van der Waals surface area (Å²) in [6.45, 7) is 1.38. The van der Waals surface area contributed by atoms with E-state index in [2.05, 4.69) is 10.2 Å². The fourth-order valence-corrected chi connectivity index (χ4v) is 4.19. The highest BCUT2D eigenvalue weighted by Gasteiger charge is 2.55. The van der Waals surface area contributed by atoms with E-state index in [1.807, 2.05) is 31.3 Å². The molecule has 0 unspecified atom stereocenters. The number of carbonyl (C=O) groups is 2. The summed E-state index contributed by atoms with van der Waals surface area (Å²) in [6, 6.07) is 8.22. The van der Waals surface area contributed by atoms with Crippen molar-refractivity contribution in [2.45, 2.75) is 31.7 Å². The minimum Gasteiger partial charge on any atom is -0.353 e. The van der Waals surface area contributed by atoms with Gasteiger partial charge >= 0.3 is 0 Å². The summed E-state index contributed by atoms with van der Waals surface area (Å²) in [5, 5.41) is 3.11. The van der Waals surface area contributed by atoms with Crippen LogP contribution in [0.4, 0.5) is 0 Å². The first-order valence-corrected chi connectivity index (χ1v) is 8.22. The molecule has 1 N–H and O–H groups in total. The summed E-state index contributed by atoms with van der Waals surface area (Å²) in [7, 11) is 2.01. The lowest BCUT2D eigenvalue weighted by molar-refractivity contribution is -0.127. The lowest BCUT2D eigenvalue weighted by atomic mass is 9.64. The first-order valence-electron chi connectivity index (χ1n) is 8.22. The Morgan fingerprint density at radius 3 is 2.86 bits per heavy atom. The van der Waals surface area contributed by atoms with Gasteiger partial charge in [0.05, 0.1) is 11.3 Å². The highest BCUT2D eigenvalue weighted by molar-refractivity contribution is 6.06. The molecule has 0 radical (unpaired) electrons. The molecule has 116 valence electrons. The normalized spacial score (nSPS) is 31.3. The molecule has 1 aromatic carbocycles. The standard InChI is InChI=1S/C18H22N2O2/c1-20-10-15(17(22)19-13-6-7-13)18(11-20)9-8-12-4-2-3-5-14(12)16(18)21/h2-5,13,15H,6-11H2,1H3,(H,19,22)/t15-,18+/m0/s1. The van der Waals surface area contributed by atoms with Gasteiger partial charge < -0.3 is 10.2 Å². The number of amides is 1. The highest BCUT2D eigenvalue weighted by atomic mass is 16.2. The number of fused-ring (bicyclic) bond motifs is 1. The first kappa shape index (κ1) is 13.9. The van der Waals surface area contributed by atoms with E-state index in [-0.39, 0.29) is 17.6 Å². The van der Waals surface area contributed by atoms with Crippen LogP contribution in [0.25, 0.3) is 0 Å². The van der Waals surface area contributed by atoms with E-state index >= 15 is 0 Å². The van der Waals surface area contributed by atoms with E-state index in [9.17, 15) is 9.59 Å². The second-order valence-corrected chi connectivity index (χ2v) is 7.17. The van der Waals surface area contributed by atoms with Crippen LogP contribution in [-0.4, -0.2) is 42.8 Å². The molecule has 0 bridgehead atoms. The fourth-order valence-electron chi connectivity index (χ4n) is 4.19. The van der Waals surface area contributed by atoms with Gasteiger partial charge in [-0.25, -0.2) is 0 Å². The summed E-state index contributed by atoms with van der Waals surface area (Å²) in [6.07, 6.45) is 3.84. The van der Waals surface area contributed by atoms with Crippen LogP contribution >= 0.6 is 0 Å². The molecule has 4 rings (SSSR count). The summed E-state index contributed by atoms with van der Waals surface area (Å²) >= 11 is 0. The van der Waals surface area contributed by atoms with Crippen LogP contribution in [0.3, 0.4) is 0 Å². The van der Waals surface area contributed by atoms with Crippen molar-refractivity contribution in [2.24, 2.45) is 11.3 Å². The topological polar surface area (TPSA) is 49.4 Å². The number of nitrogens with one attached hydrogen (secondary N) is 1. The maximum atomic E-state index is 13.2. The smallest absolute Gasteiger partial charge is 0.225 e. The second kappa shape index (κ2) is 4.92. The minimum absolute atomic E-state index is 0.0829. The lowest BCUT2D eigenvalue weighted by Crippen LogP contribution is -2.48. The van der Waals surface area contributed by atoms with Crippen molar-refractivity contribution in [3.63, 3.8) is 0 Å².